The molecule has 2 rings (SSSR count). The molecule has 0 fully saturated rings. The van der Waals surface area contributed by atoms with Gasteiger partial charge in [0.25, 0.3) is 5.91 Å². The highest BCUT2D eigenvalue weighted by atomic mass is 16.5. The summed E-state index contributed by atoms with van der Waals surface area (Å²) in [4.78, 5) is 36.0. The van der Waals surface area contributed by atoms with E-state index in [9.17, 15) is 14.4 Å². The van der Waals surface area contributed by atoms with Crippen molar-refractivity contribution in [3.63, 3.8) is 0 Å². The van der Waals surface area contributed by atoms with Gasteiger partial charge in [0.15, 0.2) is 0 Å². The Morgan fingerprint density at radius 2 is 1.52 bits per heavy atom. The highest BCUT2D eigenvalue weighted by molar-refractivity contribution is 5.96. The average Bonchev–Trinajstić information content (AvgIpc) is 2.79. The minimum absolute atomic E-state index is 0.0569. The Labute approximate surface area is 182 Å². The van der Waals surface area contributed by atoms with Crippen molar-refractivity contribution in [2.45, 2.75) is 19.8 Å². The minimum Gasteiger partial charge on any atom is -0.462 e. The maximum Gasteiger partial charge on any atom is 0.338 e. The van der Waals surface area contributed by atoms with Gasteiger partial charge < -0.3 is 25.4 Å². The Morgan fingerprint density at radius 3 is 2.16 bits per heavy atom. The zero-order chi connectivity index (χ0) is 22.5. The lowest BCUT2D eigenvalue weighted by Crippen LogP contribution is -2.25. The number of benzene rings is 2. The maximum absolute atomic E-state index is 12.2. The van der Waals surface area contributed by atoms with E-state index in [0.717, 1.165) is 12.8 Å². The molecule has 2 aromatic rings. The van der Waals surface area contributed by atoms with E-state index < -0.39 is 0 Å². The fourth-order valence-electron chi connectivity index (χ4n) is 2.62. The van der Waals surface area contributed by atoms with E-state index in [4.69, 9.17) is 9.47 Å². The molecular formula is C23H29N3O5. The van der Waals surface area contributed by atoms with Crippen molar-refractivity contribution in [1.29, 1.82) is 0 Å². The molecule has 8 heteroatoms. The van der Waals surface area contributed by atoms with Gasteiger partial charge in [-0.3, -0.25) is 9.59 Å². The molecule has 0 heterocycles. The van der Waals surface area contributed by atoms with Gasteiger partial charge in [0.05, 0.1) is 18.7 Å². The average molecular weight is 428 g/mol. The fraction of sp³-hybridized carbons (Fsp3) is 0.348. The summed E-state index contributed by atoms with van der Waals surface area (Å²) in [5.41, 5.74) is 2.29. The monoisotopic (exact) mass is 427 g/mol. The summed E-state index contributed by atoms with van der Waals surface area (Å²) in [6.07, 6.45) is 1.51. The van der Waals surface area contributed by atoms with Crippen molar-refractivity contribution in [3.8, 4) is 0 Å². The molecule has 2 aromatic carbocycles. The molecule has 0 aliphatic carbocycles. The first-order valence-corrected chi connectivity index (χ1v) is 10.2. The van der Waals surface area contributed by atoms with E-state index in [-0.39, 0.29) is 24.3 Å². The van der Waals surface area contributed by atoms with E-state index in [1.807, 2.05) is 6.92 Å². The number of esters is 1. The third-order valence-corrected chi connectivity index (χ3v) is 4.25. The van der Waals surface area contributed by atoms with Gasteiger partial charge in [0.1, 0.15) is 0 Å². The summed E-state index contributed by atoms with van der Waals surface area (Å²) in [6.45, 7) is 3.51. The first-order valence-electron chi connectivity index (χ1n) is 10.2. The van der Waals surface area contributed by atoms with Crippen molar-refractivity contribution < 1.29 is 23.9 Å². The lowest BCUT2D eigenvalue weighted by molar-refractivity contribution is -0.114. The highest BCUT2D eigenvalue weighted by Gasteiger charge is 2.08. The Bertz CT molecular complexity index is 851. The van der Waals surface area contributed by atoms with Crippen molar-refractivity contribution >= 4 is 29.2 Å². The highest BCUT2D eigenvalue weighted by Crippen LogP contribution is 2.12. The Hall–Kier alpha value is -3.39. The second-order valence-electron chi connectivity index (χ2n) is 6.79. The van der Waals surface area contributed by atoms with E-state index in [0.29, 0.717) is 42.3 Å². The summed E-state index contributed by atoms with van der Waals surface area (Å²) in [6, 6.07) is 13.4. The van der Waals surface area contributed by atoms with Crippen molar-refractivity contribution in [2.24, 2.45) is 0 Å². The van der Waals surface area contributed by atoms with Crippen molar-refractivity contribution in [2.75, 3.05) is 44.0 Å². The smallest absolute Gasteiger partial charge is 0.338 e. The standard InChI is InChI=1S/C23H29N3O5/c1-3-14-31-23(29)18-7-9-19(10-8-18)25-16-21(27)26-20-11-5-17(6-12-20)22(28)24-13-4-15-30-2/h5-12,25H,3-4,13-16H2,1-2H3,(H,24,28)(H,26,27). The number of carbonyl (C=O) groups is 3. The van der Waals surface area contributed by atoms with Crippen LogP contribution in [0.1, 0.15) is 40.5 Å². The number of ether oxygens (including phenoxy) is 2. The SMILES string of the molecule is CCCOC(=O)c1ccc(NCC(=O)Nc2ccc(C(=O)NCCCOC)cc2)cc1. The third kappa shape index (κ3) is 8.47. The second kappa shape index (κ2) is 13.0. The van der Waals surface area contributed by atoms with Crippen LogP contribution >= 0.6 is 0 Å². The quantitative estimate of drug-likeness (QED) is 0.355. The number of carbonyl (C=O) groups excluding carboxylic acids is 3. The van der Waals surface area contributed by atoms with Gasteiger partial charge in [0.2, 0.25) is 5.91 Å². The van der Waals surface area contributed by atoms with Crippen LogP contribution in [0, 0.1) is 0 Å². The van der Waals surface area contributed by atoms with Crippen molar-refractivity contribution in [3.05, 3.63) is 59.7 Å². The summed E-state index contributed by atoms with van der Waals surface area (Å²) in [5.74, 6) is -0.765. The second-order valence-corrected chi connectivity index (χ2v) is 6.79. The van der Waals surface area contributed by atoms with E-state index in [1.54, 1.807) is 55.6 Å². The Kier molecular flexibility index (Phi) is 10.0. The first-order chi connectivity index (χ1) is 15.0. The molecule has 3 N–H and O–H groups in total. The predicted molar refractivity (Wildman–Crippen MR) is 119 cm³/mol. The van der Waals surface area contributed by atoms with Gasteiger partial charge in [-0.05, 0) is 61.4 Å². The molecule has 2 amide bonds. The Morgan fingerprint density at radius 1 is 0.871 bits per heavy atom. The minimum atomic E-state index is -0.363. The largest absolute Gasteiger partial charge is 0.462 e. The lowest BCUT2D eigenvalue weighted by Gasteiger charge is -2.09. The Balaban J connectivity index is 1.77. The van der Waals surface area contributed by atoms with Crippen LogP contribution in [0.4, 0.5) is 11.4 Å². The van der Waals surface area contributed by atoms with Gasteiger partial charge in [-0.1, -0.05) is 6.92 Å². The number of anilines is 2. The van der Waals surface area contributed by atoms with E-state index in [1.165, 1.54) is 0 Å². The molecule has 0 saturated heterocycles. The molecule has 166 valence electrons. The number of hydrogen-bond acceptors (Lipinski definition) is 6. The van der Waals surface area contributed by atoms with Crippen molar-refractivity contribution in [1.82, 2.24) is 5.32 Å². The van der Waals surface area contributed by atoms with Gasteiger partial charge in [0, 0.05) is 37.2 Å². The molecule has 0 unspecified atom stereocenters. The number of nitrogens with one attached hydrogen (secondary N) is 3. The van der Waals surface area contributed by atoms with Gasteiger partial charge in [-0.2, -0.15) is 0 Å². The van der Waals surface area contributed by atoms with Gasteiger partial charge in [-0.15, -0.1) is 0 Å². The van der Waals surface area contributed by atoms with Crippen LogP contribution in [0.3, 0.4) is 0 Å². The van der Waals surface area contributed by atoms with Crippen LogP contribution in [0.2, 0.25) is 0 Å². The van der Waals surface area contributed by atoms with Crippen LogP contribution in [0.15, 0.2) is 48.5 Å². The molecule has 0 radical (unpaired) electrons. The van der Waals surface area contributed by atoms with Crippen LogP contribution < -0.4 is 16.0 Å². The molecule has 0 aliphatic heterocycles. The third-order valence-electron chi connectivity index (χ3n) is 4.25. The summed E-state index contributed by atoms with van der Waals surface area (Å²) >= 11 is 0. The first kappa shape index (κ1) is 23.9. The van der Waals surface area contributed by atoms with Crippen LogP contribution in [-0.4, -0.2) is 51.2 Å². The molecule has 0 aromatic heterocycles. The van der Waals surface area contributed by atoms with Gasteiger partial charge >= 0.3 is 5.97 Å². The molecule has 0 atom stereocenters. The van der Waals surface area contributed by atoms with E-state index >= 15 is 0 Å². The zero-order valence-corrected chi connectivity index (χ0v) is 17.9. The molecule has 31 heavy (non-hydrogen) atoms. The molecule has 8 nitrogen and oxygen atoms in total. The lowest BCUT2D eigenvalue weighted by atomic mass is 10.2. The molecule has 0 spiro atoms. The summed E-state index contributed by atoms with van der Waals surface area (Å²) in [5, 5.41) is 8.57. The zero-order valence-electron chi connectivity index (χ0n) is 17.9. The fourth-order valence-corrected chi connectivity index (χ4v) is 2.62. The van der Waals surface area contributed by atoms with Crippen LogP contribution in [0.25, 0.3) is 0 Å². The number of hydrogen-bond donors (Lipinski definition) is 3. The van der Waals surface area contributed by atoms with Crippen LogP contribution in [-0.2, 0) is 14.3 Å². The normalized spacial score (nSPS) is 10.3. The molecule has 0 saturated carbocycles. The number of methoxy groups -OCH3 is 1. The maximum atomic E-state index is 12.2. The summed E-state index contributed by atoms with van der Waals surface area (Å²) < 4.78 is 10.0. The molecule has 0 aliphatic rings. The number of rotatable bonds is 12. The molecule has 0 bridgehead atoms. The molecular weight excluding hydrogens is 398 g/mol. The van der Waals surface area contributed by atoms with E-state index in [2.05, 4.69) is 16.0 Å². The van der Waals surface area contributed by atoms with Gasteiger partial charge in [-0.25, -0.2) is 4.79 Å². The topological polar surface area (TPSA) is 106 Å². The van der Waals surface area contributed by atoms with Crippen LogP contribution in [0.5, 0.6) is 0 Å². The summed E-state index contributed by atoms with van der Waals surface area (Å²) in [7, 11) is 1.62. The number of amides is 2. The predicted octanol–water partition coefficient (Wildman–Crippen LogP) is 3.07.